The smallest absolute Gasteiger partial charge is 0.0578 e. The van der Waals surface area contributed by atoms with Crippen LogP contribution in [0.5, 0.6) is 0 Å². The first-order valence-electron chi connectivity index (χ1n) is 8.40. The first kappa shape index (κ1) is 11.5. The second-order valence-electron chi connectivity index (χ2n) is 7.90. The third-order valence-corrected chi connectivity index (χ3v) is 6.58. The Morgan fingerprint density at radius 2 is 1.45 bits per heavy atom. The van der Waals surface area contributed by atoms with Crippen LogP contribution in [0.3, 0.4) is 0 Å². The van der Waals surface area contributed by atoms with Gasteiger partial charge in [-0.25, -0.2) is 0 Å². The molecule has 5 aliphatic rings. The van der Waals surface area contributed by atoms with Crippen molar-refractivity contribution < 1.29 is 0 Å². The Hall–Kier alpha value is -1.18. The van der Waals surface area contributed by atoms with Crippen molar-refractivity contribution in [2.45, 2.75) is 44.6 Å². The number of para-hydroxylation sites is 2. The van der Waals surface area contributed by atoms with Crippen molar-refractivity contribution in [1.29, 1.82) is 0 Å². The fourth-order valence-corrected chi connectivity index (χ4v) is 6.19. The summed E-state index contributed by atoms with van der Waals surface area (Å²) in [5, 5.41) is 7.57. The molecule has 0 saturated heterocycles. The van der Waals surface area contributed by atoms with Crippen molar-refractivity contribution in [3.05, 3.63) is 24.3 Å². The van der Waals surface area contributed by atoms with Gasteiger partial charge in [-0.2, -0.15) is 0 Å². The molecule has 4 fully saturated rings. The summed E-state index contributed by atoms with van der Waals surface area (Å²) in [7, 11) is 0. The third kappa shape index (κ3) is 1.57. The summed E-state index contributed by atoms with van der Waals surface area (Å²) >= 11 is 0. The summed E-state index contributed by atoms with van der Waals surface area (Å²) in [5.74, 6) is 3.13. The van der Waals surface area contributed by atoms with Crippen LogP contribution in [0.1, 0.15) is 38.5 Å². The van der Waals surface area contributed by atoms with Gasteiger partial charge in [0.25, 0.3) is 0 Å². The molecule has 2 N–H and O–H groups in total. The number of hydrogen-bond donors (Lipinski definition) is 2. The van der Waals surface area contributed by atoms with Crippen LogP contribution in [-0.2, 0) is 0 Å². The molecule has 0 radical (unpaired) electrons. The minimum Gasteiger partial charge on any atom is -0.381 e. The molecular weight excluding hydrogens is 244 g/mol. The number of fused-ring (bicyclic) bond motifs is 1. The molecule has 1 atom stereocenters. The molecule has 106 valence electrons. The van der Waals surface area contributed by atoms with Gasteiger partial charge in [0.15, 0.2) is 0 Å². The Morgan fingerprint density at radius 3 is 2.10 bits per heavy atom. The number of rotatable bonds is 1. The van der Waals surface area contributed by atoms with E-state index in [-0.39, 0.29) is 0 Å². The van der Waals surface area contributed by atoms with Gasteiger partial charge in [0, 0.05) is 12.6 Å². The highest BCUT2D eigenvalue weighted by molar-refractivity contribution is 5.71. The monoisotopic (exact) mass is 268 g/mol. The van der Waals surface area contributed by atoms with Crippen LogP contribution >= 0.6 is 0 Å². The molecule has 4 saturated carbocycles. The zero-order valence-electron chi connectivity index (χ0n) is 12.1. The van der Waals surface area contributed by atoms with Gasteiger partial charge < -0.3 is 10.6 Å². The van der Waals surface area contributed by atoms with Crippen molar-refractivity contribution in [1.82, 2.24) is 0 Å². The molecule has 1 aromatic rings. The summed E-state index contributed by atoms with van der Waals surface area (Å²) in [6.45, 7) is 1.11. The zero-order chi connectivity index (χ0) is 13.2. The lowest BCUT2D eigenvalue weighted by Crippen LogP contribution is -2.56. The largest absolute Gasteiger partial charge is 0.381 e. The van der Waals surface area contributed by atoms with Crippen LogP contribution in [-0.4, -0.2) is 12.6 Å². The van der Waals surface area contributed by atoms with E-state index in [1.807, 2.05) is 0 Å². The lowest BCUT2D eigenvalue weighted by Gasteiger charge is -2.60. The van der Waals surface area contributed by atoms with E-state index >= 15 is 0 Å². The van der Waals surface area contributed by atoms with Crippen LogP contribution in [0.2, 0.25) is 0 Å². The standard InChI is InChI=1S/C18H24N2/c1-2-4-16-15(3-1)19-11-17(20-16)18-8-12-5-13(9-18)7-14(6-12)10-18/h1-4,12-14,17,19-20H,5-11H2. The molecule has 4 bridgehead atoms. The summed E-state index contributed by atoms with van der Waals surface area (Å²) in [5.41, 5.74) is 3.20. The van der Waals surface area contributed by atoms with Crippen molar-refractivity contribution in [3.63, 3.8) is 0 Å². The van der Waals surface area contributed by atoms with Gasteiger partial charge in [-0.15, -0.1) is 0 Å². The average molecular weight is 268 g/mol. The van der Waals surface area contributed by atoms with Crippen molar-refractivity contribution >= 4 is 11.4 Å². The lowest BCUT2D eigenvalue weighted by molar-refractivity contribution is -0.0613. The average Bonchev–Trinajstić information content (AvgIpc) is 2.45. The first-order valence-corrected chi connectivity index (χ1v) is 8.40. The molecule has 0 aromatic heterocycles. The van der Waals surface area contributed by atoms with E-state index in [4.69, 9.17) is 0 Å². The van der Waals surface area contributed by atoms with Gasteiger partial charge in [0.1, 0.15) is 0 Å². The van der Waals surface area contributed by atoms with E-state index in [0.717, 1.165) is 24.3 Å². The summed E-state index contributed by atoms with van der Waals surface area (Å²) < 4.78 is 0. The van der Waals surface area contributed by atoms with Crippen LogP contribution in [0.25, 0.3) is 0 Å². The quantitative estimate of drug-likeness (QED) is 0.801. The summed E-state index contributed by atoms with van der Waals surface area (Å²) in [6.07, 6.45) is 9.07. The maximum Gasteiger partial charge on any atom is 0.0578 e. The Morgan fingerprint density at radius 1 is 0.850 bits per heavy atom. The molecule has 1 heterocycles. The van der Waals surface area contributed by atoms with E-state index in [9.17, 15) is 0 Å². The van der Waals surface area contributed by atoms with Gasteiger partial charge in [-0.05, 0) is 73.8 Å². The third-order valence-electron chi connectivity index (χ3n) is 6.58. The van der Waals surface area contributed by atoms with Crippen LogP contribution in [0.4, 0.5) is 11.4 Å². The highest BCUT2D eigenvalue weighted by Crippen LogP contribution is 2.61. The highest BCUT2D eigenvalue weighted by Gasteiger charge is 2.54. The van der Waals surface area contributed by atoms with Crippen LogP contribution in [0, 0.1) is 23.2 Å². The number of anilines is 2. The second-order valence-corrected chi connectivity index (χ2v) is 7.90. The van der Waals surface area contributed by atoms with E-state index in [1.165, 1.54) is 49.9 Å². The number of benzene rings is 1. The summed E-state index contributed by atoms with van der Waals surface area (Å²) in [6, 6.07) is 9.34. The van der Waals surface area contributed by atoms with E-state index in [2.05, 4.69) is 34.9 Å². The zero-order valence-corrected chi connectivity index (χ0v) is 12.1. The fourth-order valence-electron chi connectivity index (χ4n) is 6.19. The minimum atomic E-state index is 0.593. The maximum absolute atomic E-state index is 3.89. The Kier molecular flexibility index (Phi) is 2.25. The van der Waals surface area contributed by atoms with E-state index in [0.29, 0.717) is 11.5 Å². The highest BCUT2D eigenvalue weighted by atomic mass is 15.1. The molecule has 0 spiro atoms. The molecule has 2 nitrogen and oxygen atoms in total. The minimum absolute atomic E-state index is 0.593. The van der Waals surface area contributed by atoms with Gasteiger partial charge in [-0.3, -0.25) is 0 Å². The summed E-state index contributed by atoms with van der Waals surface area (Å²) in [4.78, 5) is 0. The molecular formula is C18H24N2. The maximum atomic E-state index is 3.89. The van der Waals surface area contributed by atoms with Gasteiger partial charge in [0.05, 0.1) is 11.4 Å². The predicted molar refractivity (Wildman–Crippen MR) is 82.9 cm³/mol. The molecule has 1 aliphatic heterocycles. The van der Waals surface area contributed by atoms with Crippen LogP contribution in [0.15, 0.2) is 24.3 Å². The fraction of sp³-hybridized carbons (Fsp3) is 0.667. The molecule has 4 aliphatic carbocycles. The molecule has 2 heteroatoms. The molecule has 1 unspecified atom stereocenters. The van der Waals surface area contributed by atoms with Crippen molar-refractivity contribution in [2.75, 3.05) is 17.2 Å². The second kappa shape index (κ2) is 3.93. The Balaban J connectivity index is 1.46. The topological polar surface area (TPSA) is 24.1 Å². The predicted octanol–water partition coefficient (Wildman–Crippen LogP) is 4.11. The lowest BCUT2D eigenvalue weighted by atomic mass is 9.47. The Labute approximate surface area is 121 Å². The van der Waals surface area contributed by atoms with Crippen molar-refractivity contribution in [3.8, 4) is 0 Å². The number of hydrogen-bond acceptors (Lipinski definition) is 2. The Bertz CT molecular complexity index is 501. The number of nitrogens with one attached hydrogen (secondary N) is 2. The first-order chi connectivity index (χ1) is 9.81. The molecule has 0 amide bonds. The normalized spacial score (nSPS) is 44.6. The van der Waals surface area contributed by atoms with Crippen LogP contribution < -0.4 is 10.6 Å². The van der Waals surface area contributed by atoms with Crippen molar-refractivity contribution in [2.24, 2.45) is 23.2 Å². The van der Waals surface area contributed by atoms with Gasteiger partial charge in [-0.1, -0.05) is 12.1 Å². The molecule has 1 aromatic carbocycles. The SMILES string of the molecule is c1ccc2c(c1)NCC(C13CC4CC(CC(C4)C1)C3)N2. The van der Waals surface area contributed by atoms with Gasteiger partial charge >= 0.3 is 0 Å². The van der Waals surface area contributed by atoms with E-state index < -0.39 is 0 Å². The van der Waals surface area contributed by atoms with E-state index in [1.54, 1.807) is 0 Å². The molecule has 6 rings (SSSR count). The van der Waals surface area contributed by atoms with Gasteiger partial charge in [0.2, 0.25) is 0 Å². The molecule has 20 heavy (non-hydrogen) atoms.